The molecule has 1 N–H and O–H groups in total. The number of hydrogen-bond donors (Lipinski definition) is 1. The van der Waals surface area contributed by atoms with Gasteiger partial charge in [0.25, 0.3) is 0 Å². The predicted octanol–water partition coefficient (Wildman–Crippen LogP) is 10.5. The van der Waals surface area contributed by atoms with E-state index in [2.05, 4.69) is 111 Å². The van der Waals surface area contributed by atoms with E-state index in [0.29, 0.717) is 6.42 Å². The lowest BCUT2D eigenvalue weighted by molar-refractivity contribution is 0.172. The van der Waals surface area contributed by atoms with Gasteiger partial charge in [0.15, 0.2) is 0 Å². The topological polar surface area (TPSA) is 28.2 Å². The zero-order chi connectivity index (χ0) is 31.4. The summed E-state index contributed by atoms with van der Waals surface area (Å²) >= 11 is 6.69. The molecule has 1 saturated heterocycles. The quantitative estimate of drug-likeness (QED) is 0.186. The molecule has 0 radical (unpaired) electrons. The lowest BCUT2D eigenvalue weighted by atomic mass is 9.88. The number of nitrogens with one attached hydrogen (secondary N) is 1. The van der Waals surface area contributed by atoms with Gasteiger partial charge in [0.2, 0.25) is 0 Å². The van der Waals surface area contributed by atoms with Gasteiger partial charge in [-0.05, 0) is 127 Å². The number of halogens is 1. The third kappa shape index (κ3) is 6.65. The van der Waals surface area contributed by atoms with Gasteiger partial charge in [0.1, 0.15) is 0 Å². The Balaban J connectivity index is 1.40. The second kappa shape index (κ2) is 13.6. The van der Waals surface area contributed by atoms with Crippen molar-refractivity contribution in [3.05, 3.63) is 142 Å². The second-order valence-electron chi connectivity index (χ2n) is 11.8. The van der Waals surface area contributed by atoms with E-state index in [4.69, 9.17) is 16.6 Å². The van der Waals surface area contributed by atoms with E-state index in [9.17, 15) is 0 Å². The van der Waals surface area contributed by atoms with Crippen LogP contribution in [0, 0.1) is 20.8 Å². The molecule has 1 aromatic heterocycles. The first-order valence-corrected chi connectivity index (χ1v) is 15.7. The van der Waals surface area contributed by atoms with Crippen LogP contribution in [0.25, 0.3) is 34.5 Å². The second-order valence-corrected chi connectivity index (χ2v) is 12.2. The molecule has 0 amide bonds. The van der Waals surface area contributed by atoms with Crippen molar-refractivity contribution in [1.29, 1.82) is 0 Å². The molecule has 0 aliphatic carbocycles. The van der Waals surface area contributed by atoms with E-state index < -0.39 is 0 Å². The number of pyridine rings is 1. The van der Waals surface area contributed by atoms with Crippen LogP contribution in [0.15, 0.2) is 86.6 Å². The molecule has 224 valence electrons. The summed E-state index contributed by atoms with van der Waals surface area (Å²) in [6.45, 7) is 24.5. The lowest BCUT2D eigenvalue weighted by Gasteiger charge is -2.30. The highest BCUT2D eigenvalue weighted by molar-refractivity contribution is 6.31. The van der Waals surface area contributed by atoms with Crippen molar-refractivity contribution in [2.24, 2.45) is 0 Å². The standard InChI is InChI=1S/C40H42ClN3/c1-8-13-33-22-32(25-44-18-12-19-44)24-42-40(33)30(7)43-39-17-11-16-36(29(39)6)35-15-10-14-34(28(35)5)27(4)21-37-26(3)20-31(9-2)23-38(37)41/h8-11,13-17,20,22-24,43H,2,4,7,12,18-19,21,25H2,1,3,5-6H3/b13-8-. The van der Waals surface area contributed by atoms with Crippen LogP contribution in [-0.4, -0.2) is 23.0 Å². The highest BCUT2D eigenvalue weighted by atomic mass is 35.5. The van der Waals surface area contributed by atoms with Crippen LogP contribution in [0.5, 0.6) is 0 Å². The van der Waals surface area contributed by atoms with Crippen LogP contribution in [-0.2, 0) is 13.0 Å². The zero-order valence-electron chi connectivity index (χ0n) is 26.4. The molecule has 0 spiro atoms. The first kappa shape index (κ1) is 31.3. The molecule has 4 aromatic rings. The monoisotopic (exact) mass is 599 g/mol. The van der Waals surface area contributed by atoms with Crippen LogP contribution in [0.3, 0.4) is 0 Å². The molecule has 3 nitrogen and oxygen atoms in total. The number of aromatic nitrogens is 1. The van der Waals surface area contributed by atoms with Crippen LogP contribution < -0.4 is 5.32 Å². The minimum atomic E-state index is 0.686. The lowest BCUT2D eigenvalue weighted by Crippen LogP contribution is -2.36. The maximum Gasteiger partial charge on any atom is 0.0930 e. The molecule has 3 aromatic carbocycles. The van der Waals surface area contributed by atoms with Gasteiger partial charge in [-0.1, -0.05) is 86.0 Å². The van der Waals surface area contributed by atoms with Crippen molar-refractivity contribution < 1.29 is 0 Å². The van der Waals surface area contributed by atoms with Crippen molar-refractivity contribution in [2.45, 2.75) is 47.1 Å². The Bertz CT molecular complexity index is 1750. The molecule has 4 heteroatoms. The third-order valence-corrected chi connectivity index (χ3v) is 8.99. The molecular weight excluding hydrogens is 558 g/mol. The molecule has 1 aliphatic rings. The number of aryl methyl sites for hydroxylation is 1. The SMILES string of the molecule is C=Cc1cc(C)c(CC(=C)c2cccc(-c3cccc(NC(=C)c4ncc(CN5CCC5)cc4/C=C\C)c3C)c2C)c(Cl)c1. The van der Waals surface area contributed by atoms with E-state index in [-0.39, 0.29) is 0 Å². The molecule has 2 heterocycles. The average molecular weight is 600 g/mol. The Hall–Kier alpha value is -4.18. The number of allylic oxidation sites excluding steroid dienone is 2. The van der Waals surface area contributed by atoms with Gasteiger partial charge in [-0.2, -0.15) is 0 Å². The summed E-state index contributed by atoms with van der Waals surface area (Å²) in [5.41, 5.74) is 15.1. The van der Waals surface area contributed by atoms with E-state index in [1.807, 2.05) is 25.3 Å². The molecule has 0 bridgehead atoms. The summed E-state index contributed by atoms with van der Waals surface area (Å²) < 4.78 is 0. The fourth-order valence-corrected chi connectivity index (χ4v) is 6.36. The number of benzene rings is 3. The Morgan fingerprint density at radius 2 is 1.73 bits per heavy atom. The Kier molecular flexibility index (Phi) is 9.68. The number of likely N-dealkylation sites (tertiary alicyclic amines) is 1. The number of anilines is 1. The van der Waals surface area contributed by atoms with Gasteiger partial charge in [-0.25, -0.2) is 0 Å². The van der Waals surface area contributed by atoms with Crippen LogP contribution in [0.1, 0.15) is 63.5 Å². The zero-order valence-corrected chi connectivity index (χ0v) is 27.2. The van der Waals surface area contributed by atoms with E-state index in [1.54, 1.807) is 0 Å². The normalized spacial score (nSPS) is 13.1. The minimum absolute atomic E-state index is 0.686. The number of nitrogens with zero attached hydrogens (tertiary/aromatic N) is 2. The summed E-state index contributed by atoms with van der Waals surface area (Å²) in [6.07, 6.45) is 9.95. The van der Waals surface area contributed by atoms with Crippen LogP contribution in [0.2, 0.25) is 5.02 Å². The molecule has 0 unspecified atom stereocenters. The van der Waals surface area contributed by atoms with E-state index in [0.717, 1.165) is 67.6 Å². The molecule has 44 heavy (non-hydrogen) atoms. The fourth-order valence-electron chi connectivity index (χ4n) is 6.02. The van der Waals surface area contributed by atoms with Gasteiger partial charge >= 0.3 is 0 Å². The molecule has 0 atom stereocenters. The average Bonchev–Trinajstić information content (AvgIpc) is 2.98. The summed E-state index contributed by atoms with van der Waals surface area (Å²) in [4.78, 5) is 7.30. The van der Waals surface area contributed by atoms with Gasteiger partial charge in [0.05, 0.1) is 11.4 Å². The van der Waals surface area contributed by atoms with E-state index in [1.165, 1.54) is 41.8 Å². The van der Waals surface area contributed by atoms with Crippen molar-refractivity contribution >= 4 is 40.7 Å². The van der Waals surface area contributed by atoms with Gasteiger partial charge in [-0.3, -0.25) is 9.88 Å². The number of hydrogen-bond acceptors (Lipinski definition) is 3. The highest BCUT2D eigenvalue weighted by Crippen LogP contribution is 2.36. The summed E-state index contributed by atoms with van der Waals surface area (Å²) in [6, 6.07) is 19.2. The largest absolute Gasteiger partial charge is 0.354 e. The Morgan fingerprint density at radius 1 is 1.00 bits per heavy atom. The fraction of sp³-hybridized carbons (Fsp3) is 0.225. The number of rotatable bonds is 11. The van der Waals surface area contributed by atoms with Crippen molar-refractivity contribution in [3.63, 3.8) is 0 Å². The Morgan fingerprint density at radius 3 is 2.39 bits per heavy atom. The smallest absolute Gasteiger partial charge is 0.0930 e. The molecule has 1 aliphatic heterocycles. The van der Waals surface area contributed by atoms with E-state index >= 15 is 0 Å². The summed E-state index contributed by atoms with van der Waals surface area (Å²) in [5.74, 6) is 0. The maximum atomic E-state index is 6.69. The summed E-state index contributed by atoms with van der Waals surface area (Å²) in [5, 5.41) is 4.34. The molecule has 1 fully saturated rings. The van der Waals surface area contributed by atoms with Crippen molar-refractivity contribution in [1.82, 2.24) is 9.88 Å². The third-order valence-electron chi connectivity index (χ3n) is 8.65. The van der Waals surface area contributed by atoms with Crippen molar-refractivity contribution in [3.8, 4) is 11.1 Å². The van der Waals surface area contributed by atoms with Crippen LogP contribution in [0.4, 0.5) is 5.69 Å². The van der Waals surface area contributed by atoms with Crippen molar-refractivity contribution in [2.75, 3.05) is 18.4 Å². The van der Waals surface area contributed by atoms with Gasteiger partial charge in [-0.15, -0.1) is 0 Å². The first-order valence-electron chi connectivity index (χ1n) is 15.3. The van der Waals surface area contributed by atoms with Crippen LogP contribution >= 0.6 is 11.6 Å². The molecular formula is C40H42ClN3. The molecule has 0 saturated carbocycles. The molecule has 5 rings (SSSR count). The van der Waals surface area contributed by atoms with Gasteiger partial charge < -0.3 is 5.32 Å². The first-order chi connectivity index (χ1) is 21.2. The Labute approximate surface area is 268 Å². The minimum Gasteiger partial charge on any atom is -0.354 e. The van der Waals surface area contributed by atoms with Gasteiger partial charge in [0, 0.05) is 29.0 Å². The predicted molar refractivity (Wildman–Crippen MR) is 192 cm³/mol. The highest BCUT2D eigenvalue weighted by Gasteiger charge is 2.17. The maximum absolute atomic E-state index is 6.69. The summed E-state index contributed by atoms with van der Waals surface area (Å²) in [7, 11) is 0.